The van der Waals surface area contributed by atoms with Gasteiger partial charge in [-0.1, -0.05) is 6.92 Å². The molecule has 1 heterocycles. The average molecular weight is 143 g/mol. The van der Waals surface area contributed by atoms with Crippen molar-refractivity contribution in [1.82, 2.24) is 5.32 Å². The maximum atomic E-state index is 10.5. The first-order valence-electron chi connectivity index (χ1n) is 3.65. The normalized spacial score (nSPS) is 33.7. The van der Waals surface area contributed by atoms with E-state index in [0.717, 1.165) is 13.0 Å². The third kappa shape index (κ3) is 1.48. The summed E-state index contributed by atoms with van der Waals surface area (Å²) in [4.78, 5) is 10.5. The minimum atomic E-state index is -0.667. The first-order valence-corrected chi connectivity index (χ1v) is 3.65. The number of hydrogen-bond donors (Lipinski definition) is 2. The molecular formula is C7H13NO2. The SMILES string of the molecule is C[C@@H]1CCNCC1C(=O)O. The van der Waals surface area contributed by atoms with Crippen LogP contribution in [0.3, 0.4) is 0 Å². The number of carbonyl (C=O) groups is 1. The van der Waals surface area contributed by atoms with Gasteiger partial charge in [-0.25, -0.2) is 0 Å². The summed E-state index contributed by atoms with van der Waals surface area (Å²) in [6.07, 6.45) is 0.983. The van der Waals surface area contributed by atoms with Crippen LogP contribution in [0.4, 0.5) is 0 Å². The molecule has 0 radical (unpaired) electrons. The van der Waals surface area contributed by atoms with E-state index >= 15 is 0 Å². The molecule has 3 nitrogen and oxygen atoms in total. The lowest BCUT2D eigenvalue weighted by Crippen LogP contribution is -2.39. The first kappa shape index (κ1) is 7.54. The van der Waals surface area contributed by atoms with Crippen molar-refractivity contribution in [2.45, 2.75) is 13.3 Å². The van der Waals surface area contributed by atoms with Gasteiger partial charge >= 0.3 is 5.97 Å². The number of hydrogen-bond acceptors (Lipinski definition) is 2. The highest BCUT2D eigenvalue weighted by Crippen LogP contribution is 2.17. The number of nitrogens with one attached hydrogen (secondary N) is 1. The fourth-order valence-corrected chi connectivity index (χ4v) is 1.32. The Morgan fingerprint density at radius 3 is 2.80 bits per heavy atom. The maximum absolute atomic E-state index is 10.5. The zero-order chi connectivity index (χ0) is 7.56. The van der Waals surface area contributed by atoms with Crippen LogP contribution in [0.1, 0.15) is 13.3 Å². The summed E-state index contributed by atoms with van der Waals surface area (Å²) in [7, 11) is 0. The second kappa shape index (κ2) is 3.01. The van der Waals surface area contributed by atoms with E-state index in [-0.39, 0.29) is 5.92 Å². The van der Waals surface area contributed by atoms with Crippen LogP contribution in [0.2, 0.25) is 0 Å². The van der Waals surface area contributed by atoms with Crippen molar-refractivity contribution < 1.29 is 9.90 Å². The molecule has 0 aromatic heterocycles. The van der Waals surface area contributed by atoms with Crippen molar-refractivity contribution in [3.05, 3.63) is 0 Å². The van der Waals surface area contributed by atoms with Crippen LogP contribution < -0.4 is 5.32 Å². The molecule has 1 rings (SSSR count). The van der Waals surface area contributed by atoms with Gasteiger partial charge in [0.25, 0.3) is 0 Å². The molecule has 0 aromatic carbocycles. The topological polar surface area (TPSA) is 49.3 Å². The second-order valence-electron chi connectivity index (χ2n) is 2.91. The standard InChI is InChI=1S/C7H13NO2/c1-5-2-3-8-4-6(5)7(9)10/h5-6,8H,2-4H2,1H3,(H,9,10)/t5-,6?/m1/s1. The van der Waals surface area contributed by atoms with Crippen LogP contribution in [0.25, 0.3) is 0 Å². The molecule has 0 aliphatic carbocycles. The molecular weight excluding hydrogens is 130 g/mol. The van der Waals surface area contributed by atoms with E-state index < -0.39 is 5.97 Å². The maximum Gasteiger partial charge on any atom is 0.308 e. The summed E-state index contributed by atoms with van der Waals surface area (Å²) in [5, 5.41) is 11.7. The Labute approximate surface area is 60.4 Å². The molecule has 1 unspecified atom stereocenters. The number of carboxylic acid groups (broad SMARTS) is 1. The molecule has 2 N–H and O–H groups in total. The van der Waals surface area contributed by atoms with Crippen molar-refractivity contribution in [3.63, 3.8) is 0 Å². The Kier molecular flexibility index (Phi) is 2.27. The molecule has 1 fully saturated rings. The molecule has 58 valence electrons. The number of piperidine rings is 1. The van der Waals surface area contributed by atoms with E-state index in [0.29, 0.717) is 12.5 Å². The lowest BCUT2D eigenvalue weighted by atomic mass is 9.88. The third-order valence-electron chi connectivity index (χ3n) is 2.14. The van der Waals surface area contributed by atoms with Crippen molar-refractivity contribution >= 4 is 5.97 Å². The monoisotopic (exact) mass is 143 g/mol. The van der Waals surface area contributed by atoms with Gasteiger partial charge in [0.2, 0.25) is 0 Å². The molecule has 2 atom stereocenters. The van der Waals surface area contributed by atoms with Gasteiger partial charge in [0, 0.05) is 6.54 Å². The Morgan fingerprint density at radius 1 is 1.70 bits per heavy atom. The van der Waals surface area contributed by atoms with E-state index in [4.69, 9.17) is 5.11 Å². The predicted molar refractivity (Wildman–Crippen MR) is 37.8 cm³/mol. The van der Waals surface area contributed by atoms with Crippen LogP contribution in [0.15, 0.2) is 0 Å². The smallest absolute Gasteiger partial charge is 0.308 e. The Morgan fingerprint density at radius 2 is 2.40 bits per heavy atom. The summed E-state index contributed by atoms with van der Waals surface area (Å²) in [6.45, 7) is 3.60. The van der Waals surface area contributed by atoms with E-state index in [2.05, 4.69) is 5.32 Å². The summed E-state index contributed by atoms with van der Waals surface area (Å²) >= 11 is 0. The summed E-state index contributed by atoms with van der Waals surface area (Å²) < 4.78 is 0. The van der Waals surface area contributed by atoms with Crippen LogP contribution in [0.5, 0.6) is 0 Å². The molecule has 0 amide bonds. The molecule has 10 heavy (non-hydrogen) atoms. The lowest BCUT2D eigenvalue weighted by Gasteiger charge is -2.25. The molecule has 3 heteroatoms. The Hall–Kier alpha value is -0.570. The molecule has 1 aliphatic heterocycles. The van der Waals surface area contributed by atoms with Crippen LogP contribution in [-0.2, 0) is 4.79 Å². The van der Waals surface area contributed by atoms with Gasteiger partial charge in [-0.05, 0) is 18.9 Å². The van der Waals surface area contributed by atoms with Gasteiger partial charge in [-0.3, -0.25) is 4.79 Å². The van der Waals surface area contributed by atoms with Crippen LogP contribution >= 0.6 is 0 Å². The largest absolute Gasteiger partial charge is 0.481 e. The summed E-state index contributed by atoms with van der Waals surface area (Å²) in [6, 6.07) is 0. The zero-order valence-electron chi connectivity index (χ0n) is 6.13. The van der Waals surface area contributed by atoms with Gasteiger partial charge in [0.05, 0.1) is 5.92 Å². The first-order chi connectivity index (χ1) is 4.72. The van der Waals surface area contributed by atoms with E-state index in [9.17, 15) is 4.79 Å². The van der Waals surface area contributed by atoms with Gasteiger partial charge in [0.1, 0.15) is 0 Å². The molecule has 1 saturated heterocycles. The van der Waals surface area contributed by atoms with Crippen molar-refractivity contribution in [1.29, 1.82) is 0 Å². The lowest BCUT2D eigenvalue weighted by molar-refractivity contribution is -0.143. The Balaban J connectivity index is 2.47. The van der Waals surface area contributed by atoms with Crippen molar-refractivity contribution in [2.75, 3.05) is 13.1 Å². The van der Waals surface area contributed by atoms with Crippen LogP contribution in [-0.4, -0.2) is 24.2 Å². The molecule has 0 aromatic rings. The number of aliphatic carboxylic acids is 1. The molecule has 0 saturated carbocycles. The average Bonchev–Trinajstić information content (AvgIpc) is 1.88. The fourth-order valence-electron chi connectivity index (χ4n) is 1.32. The highest BCUT2D eigenvalue weighted by molar-refractivity contribution is 5.70. The zero-order valence-corrected chi connectivity index (χ0v) is 6.13. The van der Waals surface area contributed by atoms with Gasteiger partial charge < -0.3 is 10.4 Å². The number of rotatable bonds is 1. The second-order valence-corrected chi connectivity index (χ2v) is 2.91. The quantitative estimate of drug-likeness (QED) is 0.555. The minimum Gasteiger partial charge on any atom is -0.481 e. The molecule has 1 aliphatic rings. The fraction of sp³-hybridized carbons (Fsp3) is 0.857. The van der Waals surface area contributed by atoms with E-state index in [1.54, 1.807) is 0 Å². The highest BCUT2D eigenvalue weighted by Gasteiger charge is 2.26. The van der Waals surface area contributed by atoms with Crippen molar-refractivity contribution in [2.24, 2.45) is 11.8 Å². The van der Waals surface area contributed by atoms with Gasteiger partial charge in [0.15, 0.2) is 0 Å². The van der Waals surface area contributed by atoms with Crippen LogP contribution in [0, 0.1) is 11.8 Å². The molecule has 0 bridgehead atoms. The van der Waals surface area contributed by atoms with E-state index in [1.807, 2.05) is 6.92 Å². The minimum absolute atomic E-state index is 0.172. The predicted octanol–water partition coefficient (Wildman–Crippen LogP) is 0.317. The number of carboxylic acids is 1. The highest BCUT2D eigenvalue weighted by atomic mass is 16.4. The third-order valence-corrected chi connectivity index (χ3v) is 2.14. The van der Waals surface area contributed by atoms with Gasteiger partial charge in [-0.15, -0.1) is 0 Å². The summed E-state index contributed by atoms with van der Waals surface area (Å²) in [5.74, 6) is -0.507. The van der Waals surface area contributed by atoms with Gasteiger partial charge in [-0.2, -0.15) is 0 Å². The van der Waals surface area contributed by atoms with Crippen molar-refractivity contribution in [3.8, 4) is 0 Å². The molecule has 0 spiro atoms. The Bertz CT molecular complexity index is 136. The summed E-state index contributed by atoms with van der Waals surface area (Å²) in [5.41, 5.74) is 0. The van der Waals surface area contributed by atoms with E-state index in [1.165, 1.54) is 0 Å².